The molecule has 402 valence electrons. The number of esters is 2. The Morgan fingerprint density at radius 1 is 0.464 bits per heavy atom. The second-order valence-corrected chi connectivity index (χ2v) is 21.2. The average Bonchev–Trinajstić information content (AvgIpc) is 3.28. The van der Waals surface area contributed by atoms with Crippen LogP contribution in [0.2, 0.25) is 0 Å². The topological polar surface area (TPSA) is 303 Å². The second kappa shape index (κ2) is 38.7. The summed E-state index contributed by atoms with van der Waals surface area (Å²) in [4.78, 5) is 73.3. The molecule has 0 aliphatic heterocycles. The van der Waals surface area contributed by atoms with Gasteiger partial charge in [-0.1, -0.05) is 165 Å². The predicted octanol–water partition coefficient (Wildman–Crippen LogP) is 9.40. The summed E-state index contributed by atoms with van der Waals surface area (Å²) in [6, 6.07) is 0. The summed E-state index contributed by atoms with van der Waals surface area (Å²) >= 11 is 0. The number of unbranched alkanes of at least 4 members (excludes halogenated alkanes) is 18. The van der Waals surface area contributed by atoms with E-state index in [0.29, 0.717) is 25.7 Å². The van der Waals surface area contributed by atoms with Crippen molar-refractivity contribution >= 4 is 35.4 Å². The number of phosphoric ester groups is 3. The van der Waals surface area contributed by atoms with Crippen LogP contribution < -0.4 is 0 Å². The van der Waals surface area contributed by atoms with Crippen molar-refractivity contribution in [3.05, 3.63) is 48.6 Å². The van der Waals surface area contributed by atoms with Gasteiger partial charge in [0.2, 0.25) is 0 Å². The third-order valence-corrected chi connectivity index (χ3v) is 13.2. The highest BCUT2D eigenvalue weighted by Crippen LogP contribution is 2.51. The van der Waals surface area contributed by atoms with Crippen LogP contribution in [0, 0.1) is 0 Å². The van der Waals surface area contributed by atoms with Gasteiger partial charge in [-0.25, -0.2) is 13.7 Å². The Balaban J connectivity index is 2.75. The number of hydrogen-bond acceptors (Lipinski definition) is 14. The van der Waals surface area contributed by atoms with Crippen molar-refractivity contribution < 1.29 is 90.6 Å². The molecule has 0 aromatic carbocycles. The number of carbonyl (C=O) groups is 2. The van der Waals surface area contributed by atoms with Crippen molar-refractivity contribution in [2.75, 3.05) is 13.2 Å². The lowest BCUT2D eigenvalue weighted by atomic mass is 9.85. The fourth-order valence-electron chi connectivity index (χ4n) is 7.40. The van der Waals surface area contributed by atoms with Crippen molar-refractivity contribution in [1.29, 1.82) is 0 Å². The fourth-order valence-corrected chi connectivity index (χ4v) is 9.50. The van der Waals surface area contributed by atoms with Crippen molar-refractivity contribution in [3.63, 3.8) is 0 Å². The van der Waals surface area contributed by atoms with Gasteiger partial charge in [-0.2, -0.15) is 0 Å². The molecule has 1 aliphatic carbocycles. The zero-order valence-corrected chi connectivity index (χ0v) is 43.6. The van der Waals surface area contributed by atoms with Crippen molar-refractivity contribution in [2.24, 2.45) is 0 Å². The molecular formula is C47H85O19P3. The minimum Gasteiger partial charge on any atom is -0.462 e. The molecule has 5 unspecified atom stereocenters. The molecule has 0 saturated heterocycles. The summed E-state index contributed by atoms with van der Waals surface area (Å²) in [6.07, 6.45) is 25.6. The van der Waals surface area contributed by atoms with Gasteiger partial charge in [0.25, 0.3) is 0 Å². The first kappa shape index (κ1) is 65.1. The van der Waals surface area contributed by atoms with Crippen LogP contribution in [0.25, 0.3) is 0 Å². The van der Waals surface area contributed by atoms with Gasteiger partial charge in [0.05, 0.1) is 6.61 Å². The number of aliphatic hydroxyl groups excluding tert-OH is 3. The van der Waals surface area contributed by atoms with E-state index in [1.165, 1.54) is 83.5 Å². The van der Waals surface area contributed by atoms with Crippen LogP contribution >= 0.6 is 23.5 Å². The third-order valence-electron chi connectivity index (χ3n) is 11.1. The SMILES string of the molecule is CCCCC/C=C\C/C=C\C/C=C\C/C=C\CCCC(=O)O[C@H](COC(=O)CCCCCCCCCCCCCCCCC)COP(=O)(O)O[C@H]1C(O)C(O)C(OP(=O)(O)O)[C@@H](OP(=O)(O)O)C1O. The summed E-state index contributed by atoms with van der Waals surface area (Å²) in [5, 5.41) is 31.9. The molecule has 8 N–H and O–H groups in total. The molecule has 1 saturated carbocycles. The molecule has 1 aliphatic rings. The molecule has 0 heterocycles. The zero-order valence-electron chi connectivity index (χ0n) is 40.9. The highest BCUT2D eigenvalue weighted by atomic mass is 31.2. The molecule has 1 fully saturated rings. The van der Waals surface area contributed by atoms with E-state index in [1.807, 2.05) is 18.2 Å². The molecule has 0 amide bonds. The van der Waals surface area contributed by atoms with E-state index in [2.05, 4.69) is 53.3 Å². The van der Waals surface area contributed by atoms with Crippen molar-refractivity contribution in [2.45, 2.75) is 224 Å². The highest BCUT2D eigenvalue weighted by molar-refractivity contribution is 7.47. The lowest BCUT2D eigenvalue weighted by Gasteiger charge is -2.44. The van der Waals surface area contributed by atoms with Crippen LogP contribution in [-0.4, -0.2) is 108 Å². The van der Waals surface area contributed by atoms with Gasteiger partial charge in [-0.15, -0.1) is 0 Å². The van der Waals surface area contributed by atoms with Crippen LogP contribution in [0.1, 0.15) is 181 Å². The van der Waals surface area contributed by atoms with E-state index in [1.54, 1.807) is 0 Å². The molecule has 19 nitrogen and oxygen atoms in total. The molecule has 0 spiro atoms. The number of aliphatic hydroxyl groups is 3. The van der Waals surface area contributed by atoms with Crippen LogP contribution in [0.5, 0.6) is 0 Å². The summed E-state index contributed by atoms with van der Waals surface area (Å²) in [5.74, 6) is -1.36. The summed E-state index contributed by atoms with van der Waals surface area (Å²) in [6.45, 7) is 2.88. The summed E-state index contributed by atoms with van der Waals surface area (Å²) in [7, 11) is -16.6. The molecule has 0 bridgehead atoms. The van der Waals surface area contributed by atoms with Crippen molar-refractivity contribution in [1.82, 2.24) is 0 Å². The molecule has 8 atom stereocenters. The van der Waals surface area contributed by atoms with E-state index >= 15 is 0 Å². The molecule has 0 radical (unpaired) electrons. The minimum atomic E-state index is -5.61. The number of ether oxygens (including phenoxy) is 2. The van der Waals surface area contributed by atoms with E-state index < -0.39 is 91.3 Å². The van der Waals surface area contributed by atoms with Gasteiger partial charge in [-0.3, -0.25) is 27.7 Å². The quantitative estimate of drug-likeness (QED) is 0.0122. The predicted molar refractivity (Wildman–Crippen MR) is 261 cm³/mol. The maximum absolute atomic E-state index is 13.1. The Kier molecular flexibility index (Phi) is 36.5. The van der Waals surface area contributed by atoms with Gasteiger partial charge in [0.15, 0.2) is 6.10 Å². The Morgan fingerprint density at radius 3 is 1.33 bits per heavy atom. The van der Waals surface area contributed by atoms with Crippen LogP contribution in [-0.2, 0) is 50.9 Å². The van der Waals surface area contributed by atoms with Gasteiger partial charge >= 0.3 is 35.4 Å². The molecule has 1 rings (SSSR count). The highest BCUT2D eigenvalue weighted by Gasteiger charge is 2.56. The molecular weight excluding hydrogens is 961 g/mol. The number of carbonyl (C=O) groups excluding carboxylic acids is 2. The minimum absolute atomic E-state index is 0.0703. The normalized spacial score (nSPS) is 21.7. The number of rotatable bonds is 42. The first-order valence-corrected chi connectivity index (χ1v) is 29.5. The molecule has 0 aromatic rings. The van der Waals surface area contributed by atoms with E-state index in [4.69, 9.17) is 18.5 Å². The first-order valence-electron chi connectivity index (χ1n) is 24.9. The average molecular weight is 1050 g/mol. The summed E-state index contributed by atoms with van der Waals surface area (Å²) in [5.41, 5.74) is 0. The van der Waals surface area contributed by atoms with Gasteiger partial charge in [0, 0.05) is 12.8 Å². The molecule has 22 heteroatoms. The number of hydrogen-bond donors (Lipinski definition) is 8. The Hall–Kier alpha value is -1.89. The van der Waals surface area contributed by atoms with Gasteiger partial charge in [0.1, 0.15) is 43.2 Å². The Bertz CT molecular complexity index is 1630. The number of phosphoric acid groups is 3. The van der Waals surface area contributed by atoms with Crippen LogP contribution in [0.4, 0.5) is 0 Å². The monoisotopic (exact) mass is 1050 g/mol. The van der Waals surface area contributed by atoms with Crippen molar-refractivity contribution in [3.8, 4) is 0 Å². The van der Waals surface area contributed by atoms with Gasteiger partial charge < -0.3 is 49.3 Å². The van der Waals surface area contributed by atoms with Gasteiger partial charge in [-0.05, 0) is 51.4 Å². The van der Waals surface area contributed by atoms with Crippen LogP contribution in [0.3, 0.4) is 0 Å². The standard InChI is InChI=1S/C47H85O19P3/c1-3-5-7-9-11-13-15-17-19-20-22-24-26-28-30-32-34-36-41(49)63-39(37-61-40(48)35-33-31-29-27-25-23-21-18-16-14-12-10-8-6-4-2)38-62-69(59,60)66-45-42(50)43(51)46(64-67(53,54)55)47(44(45)52)65-68(56,57)58/h11,13,17,19,22,24,28,30,39,42-47,50-52H,3-10,12,14-16,18,20-21,23,25-27,29,31-38H2,1-2H3,(H,59,60)(H2,53,54,55)(H2,56,57,58)/b13-11-,19-17-,24-22-,30-28-/t39-,42?,43?,44?,45+,46?,47+/m1/s1. The summed E-state index contributed by atoms with van der Waals surface area (Å²) < 4.78 is 65.5. The number of allylic oxidation sites excluding steroid dienone is 8. The first-order chi connectivity index (χ1) is 32.8. The van der Waals surface area contributed by atoms with E-state index in [-0.39, 0.29) is 12.8 Å². The lowest BCUT2D eigenvalue weighted by Crippen LogP contribution is -2.65. The lowest BCUT2D eigenvalue weighted by molar-refractivity contribution is -0.213. The van der Waals surface area contributed by atoms with E-state index in [9.17, 15) is 63.1 Å². The fraction of sp³-hybridized carbons (Fsp3) is 0.787. The Labute approximate surface area is 410 Å². The molecule has 0 aromatic heterocycles. The smallest absolute Gasteiger partial charge is 0.462 e. The van der Waals surface area contributed by atoms with E-state index in [0.717, 1.165) is 44.9 Å². The molecule has 69 heavy (non-hydrogen) atoms. The van der Waals surface area contributed by atoms with Crippen LogP contribution in [0.15, 0.2) is 48.6 Å². The largest absolute Gasteiger partial charge is 0.472 e. The second-order valence-electron chi connectivity index (χ2n) is 17.4. The Morgan fingerprint density at radius 2 is 0.855 bits per heavy atom. The maximum Gasteiger partial charge on any atom is 0.472 e. The third kappa shape index (κ3) is 35.0. The maximum atomic E-state index is 13.1. The zero-order chi connectivity index (χ0) is 51.4.